The SMILES string of the molecule is CC(=O)c1ccc(S(=O)(=O)NC(=O)CCc2cnn(C)c2)cc1. The average Bonchev–Trinajstić information content (AvgIpc) is 2.90. The zero-order valence-corrected chi connectivity index (χ0v) is 13.6. The number of sulfonamides is 1. The normalized spacial score (nSPS) is 11.2. The van der Waals surface area contributed by atoms with E-state index in [0.29, 0.717) is 12.0 Å². The summed E-state index contributed by atoms with van der Waals surface area (Å²) in [7, 11) is -2.17. The molecule has 0 bridgehead atoms. The third-order valence-corrected chi connectivity index (χ3v) is 4.61. The summed E-state index contributed by atoms with van der Waals surface area (Å²) in [6.07, 6.45) is 3.83. The number of hydrogen-bond donors (Lipinski definition) is 1. The standard InChI is InChI=1S/C15H17N3O4S/c1-11(19)13-4-6-14(7-5-13)23(21,22)17-15(20)8-3-12-9-16-18(2)10-12/h4-7,9-10H,3,8H2,1-2H3,(H,17,20). The summed E-state index contributed by atoms with van der Waals surface area (Å²) in [4.78, 5) is 22.9. The van der Waals surface area contributed by atoms with E-state index >= 15 is 0 Å². The van der Waals surface area contributed by atoms with Gasteiger partial charge in [0.15, 0.2) is 5.78 Å². The first-order valence-electron chi connectivity index (χ1n) is 6.92. The minimum absolute atomic E-state index is 0.0381. The van der Waals surface area contributed by atoms with Gasteiger partial charge in [0.25, 0.3) is 10.0 Å². The lowest BCUT2D eigenvalue weighted by Crippen LogP contribution is -2.30. The van der Waals surface area contributed by atoms with Crippen LogP contribution in [0.5, 0.6) is 0 Å². The number of Topliss-reactive ketones (excluding diaryl/α,β-unsaturated/α-hetero) is 1. The van der Waals surface area contributed by atoms with E-state index in [9.17, 15) is 18.0 Å². The molecule has 0 saturated heterocycles. The molecule has 0 radical (unpaired) electrons. The van der Waals surface area contributed by atoms with Gasteiger partial charge in [-0.15, -0.1) is 0 Å². The monoisotopic (exact) mass is 335 g/mol. The van der Waals surface area contributed by atoms with Crippen LogP contribution >= 0.6 is 0 Å². The lowest BCUT2D eigenvalue weighted by Gasteiger charge is -2.07. The molecular formula is C15H17N3O4S. The van der Waals surface area contributed by atoms with Crippen LogP contribution in [0.2, 0.25) is 0 Å². The molecule has 8 heteroatoms. The van der Waals surface area contributed by atoms with Crippen molar-refractivity contribution in [3.05, 3.63) is 47.8 Å². The Labute approximate surface area is 134 Å². The highest BCUT2D eigenvalue weighted by molar-refractivity contribution is 7.90. The van der Waals surface area contributed by atoms with Crippen molar-refractivity contribution in [1.29, 1.82) is 0 Å². The number of aromatic nitrogens is 2. The van der Waals surface area contributed by atoms with E-state index in [0.717, 1.165) is 5.56 Å². The van der Waals surface area contributed by atoms with E-state index in [2.05, 4.69) is 5.10 Å². The highest BCUT2D eigenvalue weighted by Crippen LogP contribution is 2.11. The van der Waals surface area contributed by atoms with Gasteiger partial charge in [-0.05, 0) is 31.0 Å². The molecule has 122 valence electrons. The lowest BCUT2D eigenvalue weighted by atomic mass is 10.2. The Morgan fingerprint density at radius 3 is 2.39 bits per heavy atom. The van der Waals surface area contributed by atoms with Crippen molar-refractivity contribution in [3.63, 3.8) is 0 Å². The minimum Gasteiger partial charge on any atom is -0.295 e. The maximum Gasteiger partial charge on any atom is 0.264 e. The second-order valence-corrected chi connectivity index (χ2v) is 6.81. The van der Waals surface area contributed by atoms with Gasteiger partial charge in [0.2, 0.25) is 5.91 Å². The van der Waals surface area contributed by atoms with Crippen LogP contribution < -0.4 is 4.72 Å². The van der Waals surface area contributed by atoms with Gasteiger partial charge in [-0.3, -0.25) is 14.3 Å². The fourth-order valence-electron chi connectivity index (χ4n) is 1.99. The Morgan fingerprint density at radius 1 is 1.22 bits per heavy atom. The highest BCUT2D eigenvalue weighted by Gasteiger charge is 2.17. The van der Waals surface area contributed by atoms with Crippen molar-refractivity contribution < 1.29 is 18.0 Å². The van der Waals surface area contributed by atoms with Crippen LogP contribution in [0.25, 0.3) is 0 Å². The van der Waals surface area contributed by atoms with E-state index in [1.165, 1.54) is 31.2 Å². The number of rotatable bonds is 6. The molecule has 0 aliphatic carbocycles. The first kappa shape index (κ1) is 16.9. The molecule has 23 heavy (non-hydrogen) atoms. The topological polar surface area (TPSA) is 98.1 Å². The van der Waals surface area contributed by atoms with Gasteiger partial charge < -0.3 is 0 Å². The third kappa shape index (κ3) is 4.49. The first-order valence-corrected chi connectivity index (χ1v) is 8.40. The number of ketones is 1. The van der Waals surface area contributed by atoms with Crippen molar-refractivity contribution in [2.24, 2.45) is 7.05 Å². The summed E-state index contributed by atoms with van der Waals surface area (Å²) in [5, 5.41) is 3.98. The Bertz CT molecular complexity index is 823. The van der Waals surface area contributed by atoms with Crippen molar-refractivity contribution in [3.8, 4) is 0 Å². The molecule has 2 rings (SSSR count). The second-order valence-electron chi connectivity index (χ2n) is 5.13. The molecule has 2 aromatic rings. The molecule has 1 aromatic heterocycles. The first-order chi connectivity index (χ1) is 10.8. The molecular weight excluding hydrogens is 318 g/mol. The van der Waals surface area contributed by atoms with E-state index in [1.54, 1.807) is 24.1 Å². The number of nitrogens with zero attached hydrogens (tertiary/aromatic N) is 2. The number of carbonyl (C=O) groups excluding carboxylic acids is 2. The van der Waals surface area contributed by atoms with Gasteiger partial charge in [-0.1, -0.05) is 12.1 Å². The van der Waals surface area contributed by atoms with Gasteiger partial charge in [-0.25, -0.2) is 13.1 Å². The van der Waals surface area contributed by atoms with Crippen LogP contribution in [0.4, 0.5) is 0 Å². The number of benzene rings is 1. The smallest absolute Gasteiger partial charge is 0.264 e. The Balaban J connectivity index is 1.99. The maximum atomic E-state index is 12.1. The second kappa shape index (κ2) is 6.74. The van der Waals surface area contributed by atoms with Crippen molar-refractivity contribution >= 4 is 21.7 Å². The van der Waals surface area contributed by atoms with Crippen molar-refractivity contribution in [1.82, 2.24) is 14.5 Å². The van der Waals surface area contributed by atoms with Crippen LogP contribution in [-0.2, 0) is 28.3 Å². The fourth-order valence-corrected chi connectivity index (χ4v) is 3.00. The number of aryl methyl sites for hydroxylation is 2. The highest BCUT2D eigenvalue weighted by atomic mass is 32.2. The number of nitrogens with one attached hydrogen (secondary N) is 1. The molecule has 0 atom stereocenters. The van der Waals surface area contributed by atoms with Crippen LogP contribution in [0.3, 0.4) is 0 Å². The summed E-state index contributed by atoms with van der Waals surface area (Å²) in [6, 6.07) is 5.43. The van der Waals surface area contributed by atoms with Crippen molar-refractivity contribution in [2.45, 2.75) is 24.7 Å². The molecule has 1 heterocycles. The van der Waals surface area contributed by atoms with Crippen LogP contribution in [0.1, 0.15) is 29.3 Å². The molecule has 1 N–H and O–H groups in total. The molecule has 0 aliphatic rings. The lowest BCUT2D eigenvalue weighted by molar-refractivity contribution is -0.119. The predicted octanol–water partition coefficient (Wildman–Crippen LogP) is 1.06. The van der Waals surface area contributed by atoms with Crippen LogP contribution in [0, 0.1) is 0 Å². The maximum absolute atomic E-state index is 12.1. The Hall–Kier alpha value is -2.48. The van der Waals surface area contributed by atoms with Gasteiger partial charge in [-0.2, -0.15) is 5.10 Å². The minimum atomic E-state index is -3.93. The van der Waals surface area contributed by atoms with Crippen LogP contribution in [-0.4, -0.2) is 29.9 Å². The summed E-state index contributed by atoms with van der Waals surface area (Å²) in [6.45, 7) is 1.39. The number of hydrogen-bond acceptors (Lipinski definition) is 5. The van der Waals surface area contributed by atoms with Crippen molar-refractivity contribution in [2.75, 3.05) is 0 Å². The summed E-state index contributed by atoms with van der Waals surface area (Å²) in [5.74, 6) is -0.751. The van der Waals surface area contributed by atoms with Gasteiger partial charge in [0, 0.05) is 25.2 Å². The van der Waals surface area contributed by atoms with Crippen LogP contribution in [0.15, 0.2) is 41.6 Å². The molecule has 0 fully saturated rings. The molecule has 0 spiro atoms. The predicted molar refractivity (Wildman–Crippen MR) is 83.3 cm³/mol. The van der Waals surface area contributed by atoms with E-state index in [4.69, 9.17) is 0 Å². The fraction of sp³-hybridized carbons (Fsp3) is 0.267. The molecule has 1 amide bonds. The van der Waals surface area contributed by atoms with E-state index < -0.39 is 15.9 Å². The quantitative estimate of drug-likeness (QED) is 0.796. The zero-order chi connectivity index (χ0) is 17.0. The number of amides is 1. The van der Waals surface area contributed by atoms with Gasteiger partial charge in [0.1, 0.15) is 0 Å². The van der Waals surface area contributed by atoms with E-state index in [1.807, 2.05) is 4.72 Å². The van der Waals surface area contributed by atoms with E-state index in [-0.39, 0.29) is 17.1 Å². The molecule has 0 saturated carbocycles. The Morgan fingerprint density at radius 2 is 1.87 bits per heavy atom. The summed E-state index contributed by atoms with van der Waals surface area (Å²) < 4.78 is 27.8. The van der Waals surface area contributed by atoms with Gasteiger partial charge in [0.05, 0.1) is 11.1 Å². The summed E-state index contributed by atoms with van der Waals surface area (Å²) in [5.41, 5.74) is 1.26. The molecule has 1 aromatic carbocycles. The Kier molecular flexibility index (Phi) is 4.95. The molecule has 0 aliphatic heterocycles. The average molecular weight is 335 g/mol. The molecule has 7 nitrogen and oxygen atoms in total. The molecule has 0 unspecified atom stereocenters. The largest absolute Gasteiger partial charge is 0.295 e. The number of carbonyl (C=O) groups is 2. The summed E-state index contributed by atoms with van der Waals surface area (Å²) >= 11 is 0. The third-order valence-electron chi connectivity index (χ3n) is 3.22. The van der Waals surface area contributed by atoms with Gasteiger partial charge >= 0.3 is 0 Å². The zero-order valence-electron chi connectivity index (χ0n) is 12.8.